The van der Waals surface area contributed by atoms with Gasteiger partial charge in [0, 0.05) is 18.5 Å². The maximum Gasteiger partial charge on any atom is 0.407 e. The number of ether oxygens (including phenoxy) is 1. The van der Waals surface area contributed by atoms with Crippen LogP contribution < -0.4 is 5.32 Å². The van der Waals surface area contributed by atoms with Crippen molar-refractivity contribution in [2.45, 2.75) is 62.9 Å². The van der Waals surface area contributed by atoms with Gasteiger partial charge in [0.1, 0.15) is 6.61 Å². The van der Waals surface area contributed by atoms with E-state index in [2.05, 4.69) is 29.6 Å². The highest BCUT2D eigenvalue weighted by Gasteiger charge is 2.44. The van der Waals surface area contributed by atoms with E-state index in [4.69, 9.17) is 4.74 Å². The molecule has 2 aromatic carbocycles. The van der Waals surface area contributed by atoms with Gasteiger partial charge >= 0.3 is 12.1 Å². The van der Waals surface area contributed by atoms with Crippen molar-refractivity contribution in [3.8, 4) is 11.1 Å². The Morgan fingerprint density at radius 3 is 2.23 bits per heavy atom. The van der Waals surface area contributed by atoms with E-state index in [1.54, 1.807) is 4.90 Å². The van der Waals surface area contributed by atoms with Crippen molar-refractivity contribution in [3.05, 3.63) is 59.7 Å². The molecule has 2 aliphatic carbocycles. The lowest BCUT2D eigenvalue weighted by atomic mass is 9.74. The highest BCUT2D eigenvalue weighted by atomic mass is 16.5. The van der Waals surface area contributed by atoms with E-state index in [9.17, 15) is 19.5 Å². The molecule has 35 heavy (non-hydrogen) atoms. The summed E-state index contributed by atoms with van der Waals surface area (Å²) in [5, 5.41) is 12.5. The maximum atomic E-state index is 13.1. The molecule has 0 radical (unpaired) electrons. The molecule has 2 N–H and O–H groups in total. The second kappa shape index (κ2) is 9.36. The second-order valence-electron chi connectivity index (χ2n) is 10.2. The Hall–Kier alpha value is -3.35. The van der Waals surface area contributed by atoms with Gasteiger partial charge < -0.3 is 20.1 Å². The van der Waals surface area contributed by atoms with Crippen LogP contribution in [0.25, 0.3) is 11.1 Å². The molecule has 1 saturated heterocycles. The number of carbonyl (C=O) groups excluding carboxylic acids is 2. The lowest BCUT2D eigenvalue weighted by Gasteiger charge is -2.44. The third-order valence-electron chi connectivity index (χ3n) is 8.14. The Morgan fingerprint density at radius 2 is 1.66 bits per heavy atom. The predicted octanol–water partition coefficient (Wildman–Crippen LogP) is 4.55. The second-order valence-corrected chi connectivity index (χ2v) is 10.2. The molecule has 2 amide bonds. The van der Waals surface area contributed by atoms with Crippen molar-refractivity contribution in [2.24, 2.45) is 5.92 Å². The number of likely N-dealkylation sites (tertiary alicyclic amines) is 1. The average molecular weight is 477 g/mol. The first kappa shape index (κ1) is 23.4. The van der Waals surface area contributed by atoms with Crippen molar-refractivity contribution in [1.29, 1.82) is 0 Å². The fourth-order valence-corrected chi connectivity index (χ4v) is 6.02. The summed E-state index contributed by atoms with van der Waals surface area (Å²) in [7, 11) is 0. The molecular formula is C28H32N2O5. The Morgan fingerprint density at radius 1 is 1.03 bits per heavy atom. The first-order chi connectivity index (χ1) is 16.9. The average Bonchev–Trinajstić information content (AvgIpc) is 3.15. The van der Waals surface area contributed by atoms with Gasteiger partial charge in [0.25, 0.3) is 0 Å². The third kappa shape index (κ3) is 4.40. The zero-order chi connectivity index (χ0) is 24.6. The van der Waals surface area contributed by atoms with Crippen molar-refractivity contribution in [2.75, 3.05) is 13.2 Å². The van der Waals surface area contributed by atoms with E-state index in [-0.39, 0.29) is 30.9 Å². The number of nitrogens with one attached hydrogen (secondary N) is 1. The number of amides is 2. The van der Waals surface area contributed by atoms with Gasteiger partial charge in [-0.2, -0.15) is 0 Å². The van der Waals surface area contributed by atoms with Gasteiger partial charge in [0.2, 0.25) is 5.91 Å². The van der Waals surface area contributed by atoms with Crippen LogP contribution in [0.5, 0.6) is 0 Å². The minimum atomic E-state index is -0.856. The molecule has 5 rings (SSSR count). The summed E-state index contributed by atoms with van der Waals surface area (Å²) < 4.78 is 5.72. The van der Waals surface area contributed by atoms with Crippen molar-refractivity contribution < 1.29 is 24.2 Å². The fourth-order valence-electron chi connectivity index (χ4n) is 6.02. The number of carboxylic acids is 1. The Kier molecular flexibility index (Phi) is 6.26. The van der Waals surface area contributed by atoms with Crippen LogP contribution in [0.1, 0.15) is 62.5 Å². The van der Waals surface area contributed by atoms with E-state index < -0.39 is 23.5 Å². The minimum Gasteiger partial charge on any atom is -0.481 e. The molecule has 0 spiro atoms. The predicted molar refractivity (Wildman–Crippen MR) is 131 cm³/mol. The van der Waals surface area contributed by atoms with Crippen LogP contribution in [0.3, 0.4) is 0 Å². The van der Waals surface area contributed by atoms with Gasteiger partial charge in [0.15, 0.2) is 0 Å². The largest absolute Gasteiger partial charge is 0.481 e. The van der Waals surface area contributed by atoms with E-state index in [0.717, 1.165) is 17.5 Å². The number of carboxylic acid groups (broad SMARTS) is 1. The van der Waals surface area contributed by atoms with Gasteiger partial charge in [-0.1, -0.05) is 48.5 Å². The summed E-state index contributed by atoms with van der Waals surface area (Å²) in [6.07, 6.45) is 3.30. The lowest BCUT2D eigenvalue weighted by molar-refractivity contribution is -0.149. The molecule has 184 valence electrons. The Bertz CT molecular complexity index is 1100. The number of fused-ring (bicyclic) bond motifs is 3. The van der Waals surface area contributed by atoms with E-state index in [1.165, 1.54) is 11.1 Å². The van der Waals surface area contributed by atoms with Crippen LogP contribution in [-0.2, 0) is 14.3 Å². The summed E-state index contributed by atoms with van der Waals surface area (Å²) in [5.41, 5.74) is 4.04. The number of benzene rings is 2. The first-order valence-electron chi connectivity index (χ1n) is 12.5. The molecule has 1 aliphatic heterocycles. The molecule has 3 aliphatic rings. The number of aliphatic carboxylic acids is 1. The number of nitrogens with zero attached hydrogens (tertiary/aromatic N) is 1. The molecule has 0 unspecified atom stereocenters. The number of alkyl carbamates (subject to hydrolysis) is 1. The van der Waals surface area contributed by atoms with Crippen LogP contribution in [0.2, 0.25) is 0 Å². The lowest BCUT2D eigenvalue weighted by Crippen LogP contribution is -2.58. The molecule has 2 fully saturated rings. The van der Waals surface area contributed by atoms with E-state index in [1.807, 2.05) is 31.2 Å². The maximum absolute atomic E-state index is 13.1. The zero-order valence-corrected chi connectivity index (χ0v) is 20.0. The normalized spacial score (nSPS) is 22.5. The fraction of sp³-hybridized carbons (Fsp3) is 0.464. The highest BCUT2D eigenvalue weighted by molar-refractivity contribution is 5.81. The molecule has 7 heteroatoms. The quantitative estimate of drug-likeness (QED) is 0.638. The van der Waals surface area contributed by atoms with Gasteiger partial charge in [-0.15, -0.1) is 0 Å². The molecule has 1 heterocycles. The minimum absolute atomic E-state index is 0.0192. The summed E-state index contributed by atoms with van der Waals surface area (Å²) in [4.78, 5) is 39.2. The number of carbonyl (C=O) groups is 3. The van der Waals surface area contributed by atoms with Crippen LogP contribution in [0.4, 0.5) is 4.79 Å². The summed E-state index contributed by atoms with van der Waals surface area (Å²) >= 11 is 0. The van der Waals surface area contributed by atoms with Crippen LogP contribution in [-0.4, -0.2) is 52.7 Å². The van der Waals surface area contributed by atoms with Crippen molar-refractivity contribution in [3.63, 3.8) is 0 Å². The Balaban J connectivity index is 1.22. The third-order valence-corrected chi connectivity index (χ3v) is 8.14. The molecular weight excluding hydrogens is 444 g/mol. The highest BCUT2D eigenvalue weighted by Crippen LogP contribution is 2.44. The van der Waals surface area contributed by atoms with Gasteiger partial charge in [-0.25, -0.2) is 4.79 Å². The SMILES string of the molecule is C[C@@H]1[C@H](C(=O)O)CCCN1C(=O)CC1(NC(=O)OCC2c3ccccc3-c3ccccc32)CCC1. The monoisotopic (exact) mass is 476 g/mol. The van der Waals surface area contributed by atoms with Crippen LogP contribution in [0.15, 0.2) is 48.5 Å². The van der Waals surface area contributed by atoms with Crippen molar-refractivity contribution in [1.82, 2.24) is 10.2 Å². The summed E-state index contributed by atoms with van der Waals surface area (Å²) in [6, 6.07) is 16.1. The van der Waals surface area contributed by atoms with Gasteiger partial charge in [-0.05, 0) is 61.3 Å². The number of rotatable bonds is 6. The number of hydrogen-bond donors (Lipinski definition) is 2. The molecule has 7 nitrogen and oxygen atoms in total. The molecule has 2 aromatic rings. The number of piperidine rings is 1. The molecule has 0 aromatic heterocycles. The van der Waals surface area contributed by atoms with E-state index >= 15 is 0 Å². The Labute approximate surface area is 205 Å². The standard InChI is InChI=1S/C28H32N2O5/c1-18-19(26(32)33)12-6-15-30(18)25(31)16-28(13-7-14-28)29-27(34)35-17-24-22-10-4-2-8-20(22)21-9-3-5-11-23(21)24/h2-5,8-11,18-19,24H,6-7,12-17H2,1H3,(H,29,34)(H,32,33)/t18-,19-/m1/s1. The van der Waals surface area contributed by atoms with Crippen LogP contribution >= 0.6 is 0 Å². The molecule has 0 bridgehead atoms. The molecule has 2 atom stereocenters. The van der Waals surface area contributed by atoms with Crippen molar-refractivity contribution >= 4 is 18.0 Å². The zero-order valence-electron chi connectivity index (χ0n) is 20.0. The number of hydrogen-bond acceptors (Lipinski definition) is 4. The van der Waals surface area contributed by atoms with E-state index in [0.29, 0.717) is 32.2 Å². The van der Waals surface area contributed by atoms with Gasteiger partial charge in [-0.3, -0.25) is 9.59 Å². The topological polar surface area (TPSA) is 95.9 Å². The van der Waals surface area contributed by atoms with Gasteiger partial charge in [0.05, 0.1) is 17.9 Å². The smallest absolute Gasteiger partial charge is 0.407 e. The van der Waals surface area contributed by atoms with Crippen LogP contribution in [0, 0.1) is 5.92 Å². The summed E-state index contributed by atoms with van der Waals surface area (Å²) in [6.45, 7) is 2.60. The first-order valence-corrected chi connectivity index (χ1v) is 12.5. The molecule has 1 saturated carbocycles. The summed E-state index contributed by atoms with van der Waals surface area (Å²) in [5.74, 6) is -1.51.